The summed E-state index contributed by atoms with van der Waals surface area (Å²) in [6.45, 7) is 2.57. The molecule has 4 rings (SSSR count). The Morgan fingerprint density at radius 2 is 2.17 bits per heavy atom. The number of aromatic nitrogens is 1. The minimum atomic E-state index is -3.66. The van der Waals surface area contributed by atoms with Crippen LogP contribution < -0.4 is 5.32 Å². The Morgan fingerprint density at radius 1 is 1.33 bits per heavy atom. The fourth-order valence-electron chi connectivity index (χ4n) is 3.57. The quantitative estimate of drug-likeness (QED) is 0.643. The van der Waals surface area contributed by atoms with Crippen molar-refractivity contribution in [3.63, 3.8) is 0 Å². The highest BCUT2D eigenvalue weighted by Crippen LogP contribution is 2.23. The fourth-order valence-corrected chi connectivity index (χ4v) is 5.18. The van der Waals surface area contributed by atoms with Crippen LogP contribution in [0.2, 0.25) is 0 Å². The molecule has 30 heavy (non-hydrogen) atoms. The van der Waals surface area contributed by atoms with E-state index in [9.17, 15) is 18.3 Å². The van der Waals surface area contributed by atoms with Gasteiger partial charge in [0.25, 0.3) is 5.91 Å². The van der Waals surface area contributed by atoms with E-state index in [4.69, 9.17) is 4.42 Å². The molecule has 8 nitrogen and oxygen atoms in total. The summed E-state index contributed by atoms with van der Waals surface area (Å²) in [6, 6.07) is 8.26. The number of pyridine rings is 1. The smallest absolute Gasteiger partial charge is 0.287 e. The van der Waals surface area contributed by atoms with E-state index in [-0.39, 0.29) is 29.7 Å². The van der Waals surface area contributed by atoms with Gasteiger partial charge in [0.1, 0.15) is 0 Å². The van der Waals surface area contributed by atoms with Crippen molar-refractivity contribution in [1.82, 2.24) is 14.6 Å². The Bertz CT molecular complexity index is 1160. The molecular weight excluding hydrogens is 406 g/mol. The number of benzene rings is 1. The van der Waals surface area contributed by atoms with Crippen LogP contribution >= 0.6 is 0 Å². The highest BCUT2D eigenvalue weighted by Gasteiger charge is 2.29. The topological polar surface area (TPSA) is 113 Å². The molecular formula is C21H23N3O5S. The second kappa shape index (κ2) is 8.17. The van der Waals surface area contributed by atoms with Crippen molar-refractivity contribution in [2.24, 2.45) is 0 Å². The fraction of sp³-hybridized carbons (Fsp3) is 0.333. The number of aliphatic hydroxyl groups is 1. The number of carbonyl (C=O) groups excluding carboxylic acids is 1. The highest BCUT2D eigenvalue weighted by atomic mass is 32.2. The summed E-state index contributed by atoms with van der Waals surface area (Å²) in [6.07, 6.45) is 3.81. The first-order valence-corrected chi connectivity index (χ1v) is 11.2. The average Bonchev–Trinajstić information content (AvgIpc) is 3.17. The van der Waals surface area contributed by atoms with Crippen LogP contribution in [0.3, 0.4) is 0 Å². The van der Waals surface area contributed by atoms with Crippen molar-refractivity contribution < 1.29 is 22.7 Å². The monoisotopic (exact) mass is 429 g/mol. The number of rotatable bonds is 5. The van der Waals surface area contributed by atoms with Crippen LogP contribution in [0, 0.1) is 6.92 Å². The zero-order chi connectivity index (χ0) is 21.3. The molecule has 3 aromatic rings. The summed E-state index contributed by atoms with van der Waals surface area (Å²) in [7, 11) is -3.66. The zero-order valence-electron chi connectivity index (χ0n) is 16.5. The third-order valence-corrected chi connectivity index (χ3v) is 7.16. The van der Waals surface area contributed by atoms with Gasteiger partial charge < -0.3 is 14.8 Å². The summed E-state index contributed by atoms with van der Waals surface area (Å²) in [5, 5.41) is 13.4. The van der Waals surface area contributed by atoms with Crippen LogP contribution in [-0.4, -0.2) is 47.9 Å². The minimum Gasteiger partial charge on any atom is -0.449 e. The van der Waals surface area contributed by atoms with Crippen molar-refractivity contribution in [2.75, 3.05) is 13.1 Å². The lowest BCUT2D eigenvalue weighted by atomic mass is 10.1. The van der Waals surface area contributed by atoms with Crippen molar-refractivity contribution in [1.29, 1.82) is 0 Å². The molecule has 1 aromatic carbocycles. The van der Waals surface area contributed by atoms with E-state index < -0.39 is 16.1 Å². The molecule has 2 aromatic heterocycles. The molecule has 1 atom stereocenters. The zero-order valence-corrected chi connectivity index (χ0v) is 17.4. The molecule has 1 aliphatic rings. The lowest BCUT2D eigenvalue weighted by Gasteiger charge is -2.29. The number of carbonyl (C=O) groups is 1. The summed E-state index contributed by atoms with van der Waals surface area (Å²) in [5.74, 6) is -0.164. The molecule has 158 valence electrons. The van der Waals surface area contributed by atoms with Crippen LogP contribution in [-0.2, 0) is 16.6 Å². The molecule has 0 bridgehead atoms. The van der Waals surface area contributed by atoms with Crippen LogP contribution in [0.25, 0.3) is 11.0 Å². The van der Waals surface area contributed by atoms with Gasteiger partial charge >= 0.3 is 0 Å². The lowest BCUT2D eigenvalue weighted by molar-refractivity contribution is 0.0925. The number of amides is 1. The number of aliphatic hydroxyl groups excluding tert-OH is 1. The van der Waals surface area contributed by atoms with Gasteiger partial charge in [0, 0.05) is 31.2 Å². The average molecular weight is 429 g/mol. The molecule has 0 saturated carbocycles. The predicted molar refractivity (Wildman–Crippen MR) is 110 cm³/mol. The molecule has 1 fully saturated rings. The van der Waals surface area contributed by atoms with E-state index in [2.05, 4.69) is 10.3 Å². The first-order valence-electron chi connectivity index (χ1n) is 9.74. The van der Waals surface area contributed by atoms with Gasteiger partial charge in [-0.05, 0) is 55.2 Å². The second-order valence-corrected chi connectivity index (χ2v) is 9.39. The van der Waals surface area contributed by atoms with E-state index in [0.717, 1.165) is 16.5 Å². The van der Waals surface area contributed by atoms with Gasteiger partial charge in [-0.2, -0.15) is 4.31 Å². The van der Waals surface area contributed by atoms with E-state index >= 15 is 0 Å². The number of nitrogens with zero attached hydrogens (tertiary/aromatic N) is 2. The van der Waals surface area contributed by atoms with Gasteiger partial charge in [0.05, 0.1) is 17.2 Å². The normalized spacial score (nSPS) is 17.9. The number of nitrogens with one attached hydrogen (secondary N) is 1. The lowest BCUT2D eigenvalue weighted by Crippen LogP contribution is -2.42. The van der Waals surface area contributed by atoms with Crippen molar-refractivity contribution >= 4 is 26.9 Å². The van der Waals surface area contributed by atoms with Crippen molar-refractivity contribution in [3.8, 4) is 0 Å². The standard InChI is InChI=1S/C21H23N3O5S/c1-14-9-18(30(27,28)24-8-2-3-17(25)13-24)5-4-16(14)11-23-21(26)19-10-15-6-7-22-12-20(15)29-19/h4-7,9-10,12,17,25H,2-3,8,11,13H2,1H3,(H,23,26). The second-order valence-electron chi connectivity index (χ2n) is 7.45. The number of sulfonamides is 1. The van der Waals surface area contributed by atoms with Crippen LogP contribution in [0.5, 0.6) is 0 Å². The number of aryl methyl sites for hydroxylation is 1. The van der Waals surface area contributed by atoms with Gasteiger partial charge in [0.2, 0.25) is 10.0 Å². The van der Waals surface area contributed by atoms with E-state index in [1.165, 1.54) is 10.4 Å². The molecule has 0 radical (unpaired) electrons. The third-order valence-electron chi connectivity index (χ3n) is 5.30. The number of fused-ring (bicyclic) bond motifs is 1. The molecule has 3 heterocycles. The number of piperidine rings is 1. The molecule has 9 heteroatoms. The van der Waals surface area contributed by atoms with Crippen molar-refractivity contribution in [2.45, 2.75) is 37.3 Å². The van der Waals surface area contributed by atoms with Crippen LogP contribution in [0.4, 0.5) is 0 Å². The first kappa shape index (κ1) is 20.5. The molecule has 1 saturated heterocycles. The van der Waals surface area contributed by atoms with Gasteiger partial charge in [0.15, 0.2) is 11.3 Å². The molecule has 0 spiro atoms. The van der Waals surface area contributed by atoms with E-state index in [1.54, 1.807) is 43.6 Å². The Hall–Kier alpha value is -2.75. The summed E-state index contributed by atoms with van der Waals surface area (Å²) in [5.41, 5.74) is 2.10. The summed E-state index contributed by atoms with van der Waals surface area (Å²) in [4.78, 5) is 16.6. The van der Waals surface area contributed by atoms with Gasteiger partial charge in [-0.25, -0.2) is 8.42 Å². The maximum absolute atomic E-state index is 12.9. The first-order chi connectivity index (χ1) is 14.3. The molecule has 1 aliphatic heterocycles. The number of furan rings is 1. The Morgan fingerprint density at radius 3 is 2.90 bits per heavy atom. The molecule has 1 unspecified atom stereocenters. The van der Waals surface area contributed by atoms with Gasteiger partial charge in [-0.15, -0.1) is 0 Å². The SMILES string of the molecule is Cc1cc(S(=O)(=O)N2CCCC(O)C2)ccc1CNC(=O)c1cc2ccncc2o1. The summed E-state index contributed by atoms with van der Waals surface area (Å²) >= 11 is 0. The van der Waals surface area contributed by atoms with Gasteiger partial charge in [-0.1, -0.05) is 6.07 Å². The minimum absolute atomic E-state index is 0.117. The predicted octanol–water partition coefficient (Wildman–Crippen LogP) is 2.21. The highest BCUT2D eigenvalue weighted by molar-refractivity contribution is 7.89. The Balaban J connectivity index is 1.46. The maximum atomic E-state index is 12.9. The van der Waals surface area contributed by atoms with E-state index in [0.29, 0.717) is 25.0 Å². The van der Waals surface area contributed by atoms with Crippen LogP contribution in [0.1, 0.15) is 34.5 Å². The number of β-amino-alcohol motifs (C(OH)–C–C–N with tert-alkyl or cyclic N) is 1. The summed E-state index contributed by atoms with van der Waals surface area (Å²) < 4.78 is 32.6. The Labute approximate surface area is 174 Å². The molecule has 2 N–H and O–H groups in total. The van der Waals surface area contributed by atoms with Crippen LogP contribution in [0.15, 0.2) is 52.0 Å². The Kier molecular flexibility index (Phi) is 5.59. The number of hydrogen-bond acceptors (Lipinski definition) is 6. The van der Waals surface area contributed by atoms with E-state index in [1.807, 2.05) is 0 Å². The number of hydrogen-bond donors (Lipinski definition) is 2. The third kappa shape index (κ3) is 4.09. The maximum Gasteiger partial charge on any atom is 0.287 e. The molecule has 0 aliphatic carbocycles. The largest absolute Gasteiger partial charge is 0.449 e. The van der Waals surface area contributed by atoms with Gasteiger partial charge in [-0.3, -0.25) is 9.78 Å². The van der Waals surface area contributed by atoms with Crippen molar-refractivity contribution in [3.05, 3.63) is 59.6 Å². The molecule has 1 amide bonds.